The second kappa shape index (κ2) is 6.52. The van der Waals surface area contributed by atoms with E-state index in [0.717, 1.165) is 17.0 Å². The Hall–Kier alpha value is -1.88. The molecule has 2 rings (SSSR count). The molecule has 0 spiro atoms. The fraction of sp³-hybridized carbons (Fsp3) is 0.467. The smallest absolute Gasteiger partial charge is 0.277 e. The van der Waals surface area contributed by atoms with E-state index in [1.807, 2.05) is 38.2 Å². The van der Waals surface area contributed by atoms with Crippen LogP contribution in [0.4, 0.5) is 0 Å². The lowest BCUT2D eigenvalue weighted by Gasteiger charge is -2.25. The van der Waals surface area contributed by atoms with Crippen LogP contribution in [-0.4, -0.2) is 49.9 Å². The Labute approximate surface area is 119 Å². The van der Waals surface area contributed by atoms with Crippen molar-refractivity contribution in [3.8, 4) is 0 Å². The summed E-state index contributed by atoms with van der Waals surface area (Å²) in [6.45, 7) is 4.90. The highest BCUT2D eigenvalue weighted by Crippen LogP contribution is 2.05. The fourth-order valence-corrected chi connectivity index (χ4v) is 2.31. The molecular weight excluding hydrogens is 254 g/mol. The number of aryl methyl sites for hydroxylation is 1. The maximum Gasteiger partial charge on any atom is 0.277 e. The number of hydrogen-bond acceptors (Lipinski definition) is 2. The number of nitrogens with zero attached hydrogens (tertiary/aromatic N) is 1. The van der Waals surface area contributed by atoms with Gasteiger partial charge in [0, 0.05) is 13.6 Å². The van der Waals surface area contributed by atoms with Crippen molar-refractivity contribution in [3.63, 3.8) is 0 Å². The van der Waals surface area contributed by atoms with Crippen molar-refractivity contribution in [1.82, 2.24) is 10.2 Å². The number of carbonyl (C=O) groups is 2. The summed E-state index contributed by atoms with van der Waals surface area (Å²) in [5.74, 6) is 0.107. The molecule has 1 unspecified atom stereocenters. The molecule has 2 N–H and O–H groups in total. The van der Waals surface area contributed by atoms with Gasteiger partial charge in [0.2, 0.25) is 0 Å². The predicted molar refractivity (Wildman–Crippen MR) is 76.2 cm³/mol. The van der Waals surface area contributed by atoms with E-state index in [-0.39, 0.29) is 11.8 Å². The van der Waals surface area contributed by atoms with E-state index in [4.69, 9.17) is 0 Å². The molecular formula is C15H22N3O2+. The van der Waals surface area contributed by atoms with Crippen LogP contribution < -0.4 is 10.2 Å². The predicted octanol–water partition coefficient (Wildman–Crippen LogP) is -1.03. The minimum Gasteiger partial charge on any atom is -0.346 e. The van der Waals surface area contributed by atoms with Crippen LogP contribution in [0.25, 0.3) is 0 Å². The number of nitrogens with one attached hydrogen (secondary N) is 2. The molecule has 20 heavy (non-hydrogen) atoms. The molecule has 5 nitrogen and oxygen atoms in total. The van der Waals surface area contributed by atoms with Crippen LogP contribution >= 0.6 is 0 Å². The summed E-state index contributed by atoms with van der Waals surface area (Å²) < 4.78 is 0. The van der Waals surface area contributed by atoms with Gasteiger partial charge in [0.25, 0.3) is 11.8 Å². The van der Waals surface area contributed by atoms with Gasteiger partial charge in [-0.1, -0.05) is 29.8 Å². The van der Waals surface area contributed by atoms with Crippen LogP contribution in [-0.2, 0) is 16.1 Å². The van der Waals surface area contributed by atoms with Gasteiger partial charge in [0.15, 0.2) is 13.1 Å². The van der Waals surface area contributed by atoms with E-state index in [2.05, 4.69) is 5.32 Å². The minimum absolute atomic E-state index is 0.0280. The average Bonchev–Trinajstić information content (AvgIpc) is 2.41. The summed E-state index contributed by atoms with van der Waals surface area (Å²) in [5, 5.41) is 2.77. The fourth-order valence-electron chi connectivity index (χ4n) is 2.31. The molecule has 0 aliphatic carbocycles. The van der Waals surface area contributed by atoms with E-state index in [1.54, 1.807) is 4.90 Å². The summed E-state index contributed by atoms with van der Waals surface area (Å²) in [6, 6.07) is 8.18. The Kier molecular flexibility index (Phi) is 4.74. The SMILES string of the molecule is Cc1ccc(CN(C)C(=O)C[NH+]2CCNC(=O)C2)cc1. The summed E-state index contributed by atoms with van der Waals surface area (Å²) >= 11 is 0. The monoisotopic (exact) mass is 276 g/mol. The summed E-state index contributed by atoms with van der Waals surface area (Å²) in [6.07, 6.45) is 0. The minimum atomic E-state index is 0.0280. The van der Waals surface area contributed by atoms with Crippen molar-refractivity contribution in [2.45, 2.75) is 13.5 Å². The topological polar surface area (TPSA) is 53.9 Å². The molecule has 1 fully saturated rings. The normalized spacial score (nSPS) is 18.5. The van der Waals surface area contributed by atoms with Crippen LogP contribution in [0.3, 0.4) is 0 Å². The number of quaternary nitrogens is 1. The number of carbonyl (C=O) groups excluding carboxylic acids is 2. The molecule has 2 amide bonds. The lowest BCUT2D eigenvalue weighted by molar-refractivity contribution is -0.885. The average molecular weight is 276 g/mol. The lowest BCUT2D eigenvalue weighted by atomic mass is 10.1. The lowest BCUT2D eigenvalue weighted by Crippen LogP contribution is -3.16. The van der Waals surface area contributed by atoms with Gasteiger partial charge < -0.3 is 15.1 Å². The van der Waals surface area contributed by atoms with Crippen molar-refractivity contribution in [1.29, 1.82) is 0 Å². The highest BCUT2D eigenvalue weighted by Gasteiger charge is 2.23. The molecule has 1 aromatic carbocycles. The first-order valence-corrected chi connectivity index (χ1v) is 6.94. The maximum atomic E-state index is 12.2. The highest BCUT2D eigenvalue weighted by molar-refractivity contribution is 5.79. The molecule has 1 atom stereocenters. The van der Waals surface area contributed by atoms with E-state index < -0.39 is 0 Å². The number of piperazine rings is 1. The Morgan fingerprint density at radius 2 is 2.05 bits per heavy atom. The second-order valence-electron chi connectivity index (χ2n) is 5.44. The van der Waals surface area contributed by atoms with Crippen molar-refractivity contribution in [2.24, 2.45) is 0 Å². The number of hydrogen-bond donors (Lipinski definition) is 2. The van der Waals surface area contributed by atoms with Crippen molar-refractivity contribution in [3.05, 3.63) is 35.4 Å². The van der Waals surface area contributed by atoms with Crippen LogP contribution in [0.15, 0.2) is 24.3 Å². The van der Waals surface area contributed by atoms with Crippen molar-refractivity contribution < 1.29 is 14.5 Å². The van der Waals surface area contributed by atoms with Crippen molar-refractivity contribution in [2.75, 3.05) is 33.2 Å². The second-order valence-corrected chi connectivity index (χ2v) is 5.44. The maximum absolute atomic E-state index is 12.2. The van der Waals surface area contributed by atoms with Crippen LogP contribution in [0, 0.1) is 6.92 Å². The van der Waals surface area contributed by atoms with Gasteiger partial charge in [0.05, 0.1) is 13.1 Å². The van der Waals surface area contributed by atoms with Gasteiger partial charge in [0.1, 0.15) is 0 Å². The van der Waals surface area contributed by atoms with Crippen LogP contribution in [0.1, 0.15) is 11.1 Å². The quantitative estimate of drug-likeness (QED) is 0.739. The Morgan fingerprint density at radius 1 is 1.35 bits per heavy atom. The van der Waals surface area contributed by atoms with Gasteiger partial charge in [-0.15, -0.1) is 0 Å². The molecule has 0 aromatic heterocycles. The van der Waals surface area contributed by atoms with Gasteiger partial charge in [-0.05, 0) is 12.5 Å². The molecule has 108 valence electrons. The number of likely N-dealkylation sites (N-methyl/N-ethyl adjacent to an activating group) is 1. The van der Waals surface area contributed by atoms with Gasteiger partial charge in [-0.2, -0.15) is 0 Å². The number of benzene rings is 1. The van der Waals surface area contributed by atoms with Crippen molar-refractivity contribution >= 4 is 11.8 Å². The van der Waals surface area contributed by atoms with Gasteiger partial charge in [-0.25, -0.2) is 0 Å². The zero-order valence-electron chi connectivity index (χ0n) is 12.1. The first-order chi connectivity index (χ1) is 9.54. The molecule has 0 radical (unpaired) electrons. The first-order valence-electron chi connectivity index (χ1n) is 6.94. The Morgan fingerprint density at radius 3 is 2.70 bits per heavy atom. The molecule has 1 aliphatic heterocycles. The molecule has 1 aromatic rings. The zero-order valence-corrected chi connectivity index (χ0v) is 12.1. The third-order valence-corrected chi connectivity index (χ3v) is 3.58. The highest BCUT2D eigenvalue weighted by atomic mass is 16.2. The molecule has 0 saturated carbocycles. The molecule has 0 bridgehead atoms. The van der Waals surface area contributed by atoms with E-state index in [1.165, 1.54) is 5.56 Å². The molecule has 1 heterocycles. The Balaban J connectivity index is 1.85. The zero-order chi connectivity index (χ0) is 14.5. The first kappa shape index (κ1) is 14.5. The summed E-state index contributed by atoms with van der Waals surface area (Å²) in [4.78, 5) is 26.2. The standard InChI is InChI=1S/C15H21N3O2/c1-12-3-5-13(6-4-12)9-17(2)15(20)11-18-8-7-16-14(19)10-18/h3-6H,7-11H2,1-2H3,(H,16,19)/p+1. The van der Waals surface area contributed by atoms with Gasteiger partial charge in [-0.3, -0.25) is 9.59 Å². The molecule has 5 heteroatoms. The largest absolute Gasteiger partial charge is 0.346 e. The third kappa shape index (κ3) is 4.06. The summed E-state index contributed by atoms with van der Waals surface area (Å²) in [7, 11) is 1.81. The number of rotatable bonds is 4. The van der Waals surface area contributed by atoms with Crippen LogP contribution in [0.5, 0.6) is 0 Å². The van der Waals surface area contributed by atoms with E-state index in [9.17, 15) is 9.59 Å². The van der Waals surface area contributed by atoms with E-state index in [0.29, 0.717) is 26.2 Å². The molecule has 1 aliphatic rings. The van der Waals surface area contributed by atoms with Crippen LogP contribution in [0.2, 0.25) is 0 Å². The van der Waals surface area contributed by atoms with E-state index >= 15 is 0 Å². The molecule has 1 saturated heterocycles. The Bertz CT molecular complexity index is 484. The number of amides is 2. The summed E-state index contributed by atoms with van der Waals surface area (Å²) in [5.41, 5.74) is 2.34. The third-order valence-electron chi connectivity index (χ3n) is 3.58. The van der Waals surface area contributed by atoms with Gasteiger partial charge >= 0.3 is 0 Å².